The van der Waals surface area contributed by atoms with Gasteiger partial charge in [-0.05, 0) is 26.0 Å². The molecule has 2 heteroatoms. The molecule has 0 spiro atoms. The molecule has 0 saturated carbocycles. The molecule has 8 heavy (non-hydrogen) atoms. The van der Waals surface area contributed by atoms with Gasteiger partial charge in [-0.1, -0.05) is 13.8 Å². The van der Waals surface area contributed by atoms with Crippen molar-refractivity contribution < 1.29 is 0 Å². The first-order chi connectivity index (χ1) is 3.50. The smallest absolute Gasteiger partial charge is 0.127 e. The zero-order chi connectivity index (χ0) is 6.78. The molecule has 0 aliphatic rings. The summed E-state index contributed by atoms with van der Waals surface area (Å²) in [5, 5.41) is 0. The highest BCUT2D eigenvalue weighted by atomic mass is 15.1. The van der Waals surface area contributed by atoms with Gasteiger partial charge in [0, 0.05) is 0 Å². The van der Waals surface area contributed by atoms with E-state index < -0.39 is 0 Å². The van der Waals surface area contributed by atoms with Crippen molar-refractivity contribution in [1.29, 1.82) is 0 Å². The van der Waals surface area contributed by atoms with Gasteiger partial charge in [0.1, 0.15) is 7.85 Å². The van der Waals surface area contributed by atoms with E-state index >= 15 is 0 Å². The van der Waals surface area contributed by atoms with Gasteiger partial charge in [-0.2, -0.15) is 0 Å². The van der Waals surface area contributed by atoms with Crippen molar-refractivity contribution in [1.82, 2.24) is 4.90 Å². The SMILES string of the molecule is BC(C)(CC)N(C)C. The van der Waals surface area contributed by atoms with E-state index in [1.165, 1.54) is 6.42 Å². The van der Waals surface area contributed by atoms with Crippen molar-refractivity contribution in [2.45, 2.75) is 25.7 Å². The Kier molecular flexibility index (Phi) is 2.55. The second kappa shape index (κ2) is 2.54. The van der Waals surface area contributed by atoms with Crippen molar-refractivity contribution in [3.8, 4) is 0 Å². The Labute approximate surface area is 53.5 Å². The Balaban J connectivity index is 3.71. The largest absolute Gasteiger partial charge is 0.312 e. The molecule has 0 amide bonds. The molecular formula is C6H16BN. The second-order valence-corrected chi connectivity index (χ2v) is 3.06. The van der Waals surface area contributed by atoms with Crippen molar-refractivity contribution in [2.24, 2.45) is 0 Å². The summed E-state index contributed by atoms with van der Waals surface area (Å²) in [6.07, 6.45) is 1.21. The predicted octanol–water partition coefficient (Wildman–Crippen LogP) is 0.307. The van der Waals surface area contributed by atoms with Gasteiger partial charge in [-0.15, -0.1) is 0 Å². The van der Waals surface area contributed by atoms with Crippen LogP contribution in [0, 0.1) is 0 Å². The third-order valence-electron chi connectivity index (χ3n) is 2.08. The Morgan fingerprint density at radius 2 is 1.88 bits per heavy atom. The van der Waals surface area contributed by atoms with E-state index in [-0.39, 0.29) is 0 Å². The third kappa shape index (κ3) is 1.87. The lowest BCUT2D eigenvalue weighted by Gasteiger charge is -2.31. The normalized spacial score (nSPS) is 18.6. The molecule has 0 aromatic rings. The number of hydrogen-bond acceptors (Lipinski definition) is 1. The van der Waals surface area contributed by atoms with Crippen LogP contribution in [0.2, 0.25) is 0 Å². The maximum atomic E-state index is 2.24. The Morgan fingerprint density at radius 3 is 1.88 bits per heavy atom. The van der Waals surface area contributed by atoms with E-state index in [1.807, 2.05) is 0 Å². The van der Waals surface area contributed by atoms with Crippen molar-refractivity contribution >= 4 is 7.85 Å². The molecule has 0 rings (SSSR count). The van der Waals surface area contributed by atoms with Crippen LogP contribution < -0.4 is 0 Å². The minimum absolute atomic E-state index is 0.375. The van der Waals surface area contributed by atoms with Crippen LogP contribution in [-0.4, -0.2) is 32.3 Å². The van der Waals surface area contributed by atoms with E-state index in [9.17, 15) is 0 Å². The Hall–Kier alpha value is 0.0249. The molecule has 0 fully saturated rings. The van der Waals surface area contributed by atoms with Crippen LogP contribution in [-0.2, 0) is 0 Å². The van der Waals surface area contributed by atoms with Gasteiger partial charge >= 0.3 is 0 Å². The molecular weight excluding hydrogens is 96.9 g/mol. The molecule has 48 valence electrons. The summed E-state index contributed by atoms with van der Waals surface area (Å²) in [5.74, 6) is 0. The lowest BCUT2D eigenvalue weighted by atomic mass is 9.76. The van der Waals surface area contributed by atoms with Gasteiger partial charge in [0.05, 0.1) is 0 Å². The molecule has 1 atom stereocenters. The summed E-state index contributed by atoms with van der Waals surface area (Å²) in [5.41, 5.74) is 0.375. The van der Waals surface area contributed by atoms with Crippen LogP contribution >= 0.6 is 0 Å². The zero-order valence-corrected chi connectivity index (χ0v) is 6.65. The van der Waals surface area contributed by atoms with Crippen LogP contribution in [0.4, 0.5) is 0 Å². The predicted molar refractivity (Wildman–Crippen MR) is 40.9 cm³/mol. The molecule has 0 radical (unpaired) electrons. The monoisotopic (exact) mass is 113 g/mol. The van der Waals surface area contributed by atoms with Crippen molar-refractivity contribution in [3.05, 3.63) is 0 Å². The summed E-state index contributed by atoms with van der Waals surface area (Å²) in [4.78, 5) is 2.24. The second-order valence-electron chi connectivity index (χ2n) is 3.06. The van der Waals surface area contributed by atoms with Gasteiger partial charge < -0.3 is 4.90 Å². The highest BCUT2D eigenvalue weighted by molar-refractivity contribution is 6.14. The fourth-order valence-corrected chi connectivity index (χ4v) is 0.316. The van der Waals surface area contributed by atoms with Gasteiger partial charge in [0.15, 0.2) is 0 Å². The lowest BCUT2D eigenvalue weighted by Crippen LogP contribution is -2.40. The summed E-state index contributed by atoms with van der Waals surface area (Å²) in [6.45, 7) is 4.45. The number of hydrogen-bond donors (Lipinski definition) is 0. The third-order valence-corrected chi connectivity index (χ3v) is 2.08. The first kappa shape index (κ1) is 8.02. The van der Waals surface area contributed by atoms with E-state index in [4.69, 9.17) is 0 Å². The highest BCUT2D eigenvalue weighted by Gasteiger charge is 2.16. The molecule has 0 aliphatic carbocycles. The molecule has 0 saturated heterocycles. The van der Waals surface area contributed by atoms with Crippen LogP contribution in [0.25, 0.3) is 0 Å². The van der Waals surface area contributed by atoms with Gasteiger partial charge in [0.2, 0.25) is 0 Å². The zero-order valence-electron chi connectivity index (χ0n) is 6.65. The van der Waals surface area contributed by atoms with Crippen LogP contribution in [0.15, 0.2) is 0 Å². The Morgan fingerprint density at radius 1 is 1.50 bits per heavy atom. The minimum Gasteiger partial charge on any atom is -0.312 e. The minimum atomic E-state index is 0.375. The topological polar surface area (TPSA) is 3.24 Å². The number of nitrogens with zero attached hydrogens (tertiary/aromatic N) is 1. The maximum Gasteiger partial charge on any atom is 0.127 e. The standard InChI is InChI=1S/C6H16BN/c1-5-6(2,7)8(3)4/h5,7H2,1-4H3. The first-order valence-electron chi connectivity index (χ1n) is 3.18. The van der Waals surface area contributed by atoms with Crippen LogP contribution in [0.3, 0.4) is 0 Å². The lowest BCUT2D eigenvalue weighted by molar-refractivity contribution is 0.261. The average molecular weight is 113 g/mol. The fraction of sp³-hybridized carbons (Fsp3) is 1.00. The van der Waals surface area contributed by atoms with Gasteiger partial charge in [-0.25, -0.2) is 0 Å². The van der Waals surface area contributed by atoms with E-state index in [0.29, 0.717) is 5.44 Å². The average Bonchev–Trinajstić information content (AvgIpc) is 1.67. The molecule has 0 aromatic heterocycles. The quantitative estimate of drug-likeness (QED) is 0.466. The fourth-order valence-electron chi connectivity index (χ4n) is 0.316. The molecule has 0 N–H and O–H groups in total. The maximum absolute atomic E-state index is 2.24. The highest BCUT2D eigenvalue weighted by Crippen LogP contribution is 2.08. The first-order valence-corrected chi connectivity index (χ1v) is 3.18. The molecule has 1 unspecified atom stereocenters. The molecule has 0 bridgehead atoms. The molecule has 0 heterocycles. The van der Waals surface area contributed by atoms with E-state index in [2.05, 4.69) is 40.7 Å². The van der Waals surface area contributed by atoms with Crippen LogP contribution in [0.5, 0.6) is 0 Å². The molecule has 0 aliphatic heterocycles. The molecule has 0 aromatic carbocycles. The van der Waals surface area contributed by atoms with Crippen molar-refractivity contribution in [3.63, 3.8) is 0 Å². The van der Waals surface area contributed by atoms with Crippen molar-refractivity contribution in [2.75, 3.05) is 14.1 Å². The van der Waals surface area contributed by atoms with E-state index in [1.54, 1.807) is 0 Å². The summed E-state index contributed by atoms with van der Waals surface area (Å²) >= 11 is 0. The summed E-state index contributed by atoms with van der Waals surface area (Å²) in [7, 11) is 6.47. The summed E-state index contributed by atoms with van der Waals surface area (Å²) < 4.78 is 0. The van der Waals surface area contributed by atoms with E-state index in [0.717, 1.165) is 0 Å². The number of rotatable bonds is 2. The Bertz CT molecular complexity index is 68.9. The van der Waals surface area contributed by atoms with Crippen LogP contribution in [0.1, 0.15) is 20.3 Å². The summed E-state index contributed by atoms with van der Waals surface area (Å²) in [6, 6.07) is 0. The molecule has 1 nitrogen and oxygen atoms in total. The van der Waals surface area contributed by atoms with Gasteiger partial charge in [0.25, 0.3) is 0 Å². The van der Waals surface area contributed by atoms with Gasteiger partial charge in [-0.3, -0.25) is 0 Å².